The van der Waals surface area contributed by atoms with Crippen LogP contribution in [0.2, 0.25) is 0 Å². The first-order valence-corrected chi connectivity index (χ1v) is 9.60. The Bertz CT molecular complexity index is 842. The van der Waals surface area contributed by atoms with E-state index in [0.29, 0.717) is 5.56 Å². The van der Waals surface area contributed by atoms with Crippen molar-refractivity contribution in [3.63, 3.8) is 0 Å². The van der Waals surface area contributed by atoms with E-state index in [2.05, 4.69) is 10.9 Å². The Balaban J connectivity index is 1.22. The van der Waals surface area contributed by atoms with E-state index >= 15 is 0 Å². The molecular formula is C20H21N3O6. The highest BCUT2D eigenvalue weighted by Crippen LogP contribution is 2.56. The molecule has 2 aliphatic carbocycles. The fraction of sp³-hybridized carbons (Fsp3) is 0.450. The summed E-state index contributed by atoms with van der Waals surface area (Å²) in [6.45, 7) is -1.13. The molecule has 1 aliphatic heterocycles. The maximum absolute atomic E-state index is 12.5. The lowest BCUT2D eigenvalue weighted by Gasteiger charge is -2.19. The first-order valence-electron chi connectivity index (χ1n) is 9.60. The molecule has 4 amide bonds. The Hall–Kier alpha value is -3.23. The summed E-state index contributed by atoms with van der Waals surface area (Å²) in [4.78, 5) is 61.7. The Morgan fingerprint density at radius 1 is 0.966 bits per heavy atom. The molecule has 9 heteroatoms. The number of benzene rings is 1. The third-order valence-electron chi connectivity index (χ3n) is 6.02. The van der Waals surface area contributed by atoms with E-state index in [1.165, 1.54) is 0 Å². The second kappa shape index (κ2) is 7.65. The molecule has 0 aromatic heterocycles. The minimum absolute atomic E-state index is 0.237. The minimum atomic E-state index is -0.844. The van der Waals surface area contributed by atoms with Crippen molar-refractivity contribution < 1.29 is 28.7 Å². The highest BCUT2D eigenvalue weighted by atomic mass is 16.5. The van der Waals surface area contributed by atoms with Gasteiger partial charge < -0.3 is 4.74 Å². The number of amides is 4. The van der Waals surface area contributed by atoms with Gasteiger partial charge in [-0.15, -0.1) is 0 Å². The summed E-state index contributed by atoms with van der Waals surface area (Å²) >= 11 is 0. The molecule has 1 saturated heterocycles. The Labute approximate surface area is 166 Å². The lowest BCUT2D eigenvalue weighted by Crippen LogP contribution is -2.44. The summed E-state index contributed by atoms with van der Waals surface area (Å²) in [6, 6.07) is 8.26. The highest BCUT2D eigenvalue weighted by Gasteiger charge is 2.61. The Morgan fingerprint density at radius 2 is 1.59 bits per heavy atom. The topological polar surface area (TPSA) is 122 Å². The smallest absolute Gasteiger partial charge is 0.326 e. The molecule has 0 spiro atoms. The molecule has 4 atom stereocenters. The second-order valence-electron chi connectivity index (χ2n) is 7.68. The number of hydrogen-bond acceptors (Lipinski definition) is 6. The van der Waals surface area contributed by atoms with E-state index < -0.39 is 30.9 Å². The zero-order valence-electron chi connectivity index (χ0n) is 15.6. The van der Waals surface area contributed by atoms with E-state index in [-0.39, 0.29) is 35.5 Å². The lowest BCUT2D eigenvalue weighted by molar-refractivity contribution is -0.155. The largest absolute Gasteiger partial charge is 0.454 e. The van der Waals surface area contributed by atoms with Gasteiger partial charge in [-0.3, -0.25) is 39.7 Å². The van der Waals surface area contributed by atoms with Crippen molar-refractivity contribution in [1.29, 1.82) is 0 Å². The number of likely N-dealkylation sites (tertiary alicyclic amines) is 1. The van der Waals surface area contributed by atoms with Crippen LogP contribution in [0.5, 0.6) is 0 Å². The van der Waals surface area contributed by atoms with E-state index in [9.17, 15) is 24.0 Å². The number of fused-ring (bicyclic) bond motifs is 5. The van der Waals surface area contributed by atoms with Crippen molar-refractivity contribution in [2.24, 2.45) is 23.7 Å². The van der Waals surface area contributed by atoms with Crippen LogP contribution in [-0.2, 0) is 23.9 Å². The SMILES string of the molecule is O=C(COC(=O)CN1C(=O)[C@@H]2[C@@H]3CC[C@@H](C3)[C@@H]2C1=O)NNC(=O)c1ccccc1. The number of hydrazine groups is 1. The van der Waals surface area contributed by atoms with Crippen LogP contribution < -0.4 is 10.9 Å². The predicted octanol–water partition coefficient (Wildman–Crippen LogP) is 0.0219. The standard InChI is InChI=1S/C20H21N3O6/c24-14(21-22-18(26)11-4-2-1-3-5-11)10-29-15(25)9-23-19(27)16-12-6-7-13(8-12)17(16)20(23)28/h1-5,12-13,16-17H,6-10H2,(H,21,24)(H,22,26)/t12-,13+,16-,17+. The van der Waals surface area contributed by atoms with E-state index in [1.54, 1.807) is 30.3 Å². The molecule has 0 radical (unpaired) electrons. The molecule has 1 aromatic rings. The zero-order valence-corrected chi connectivity index (χ0v) is 15.6. The summed E-state index contributed by atoms with van der Waals surface area (Å²) in [5.74, 6) is -2.83. The molecule has 2 saturated carbocycles. The number of hydrogen-bond donors (Lipinski definition) is 2. The molecule has 1 heterocycles. The van der Waals surface area contributed by atoms with E-state index in [4.69, 9.17) is 4.74 Å². The maximum atomic E-state index is 12.5. The van der Waals surface area contributed by atoms with Crippen molar-refractivity contribution in [1.82, 2.24) is 15.8 Å². The summed E-state index contributed by atoms with van der Waals surface area (Å²) in [5, 5.41) is 0. The zero-order chi connectivity index (χ0) is 20.5. The predicted molar refractivity (Wildman–Crippen MR) is 97.5 cm³/mol. The molecule has 1 aromatic carbocycles. The van der Waals surface area contributed by atoms with Gasteiger partial charge in [0.15, 0.2) is 6.61 Å². The van der Waals surface area contributed by atoms with Gasteiger partial charge in [0.2, 0.25) is 11.8 Å². The Kier molecular flexibility index (Phi) is 5.04. The van der Waals surface area contributed by atoms with Crippen molar-refractivity contribution >= 4 is 29.6 Å². The monoisotopic (exact) mass is 399 g/mol. The number of carbonyl (C=O) groups is 5. The third kappa shape index (κ3) is 3.59. The third-order valence-corrected chi connectivity index (χ3v) is 6.02. The van der Waals surface area contributed by atoms with Crippen LogP contribution in [-0.4, -0.2) is 47.6 Å². The normalized spacial score (nSPS) is 27.0. The van der Waals surface area contributed by atoms with Crippen LogP contribution in [0.3, 0.4) is 0 Å². The molecule has 9 nitrogen and oxygen atoms in total. The van der Waals surface area contributed by atoms with Gasteiger partial charge in [0.05, 0.1) is 11.8 Å². The van der Waals surface area contributed by atoms with Gasteiger partial charge in [-0.2, -0.15) is 0 Å². The van der Waals surface area contributed by atoms with Gasteiger partial charge in [-0.1, -0.05) is 18.2 Å². The van der Waals surface area contributed by atoms with Crippen molar-refractivity contribution in [2.45, 2.75) is 19.3 Å². The van der Waals surface area contributed by atoms with Crippen LogP contribution in [0.4, 0.5) is 0 Å². The molecule has 3 aliphatic rings. The van der Waals surface area contributed by atoms with Crippen LogP contribution in [0, 0.1) is 23.7 Å². The van der Waals surface area contributed by atoms with Gasteiger partial charge in [-0.05, 0) is 43.2 Å². The summed E-state index contributed by atoms with van der Waals surface area (Å²) in [5.41, 5.74) is 4.70. The molecule has 2 N–H and O–H groups in total. The van der Waals surface area contributed by atoms with Crippen molar-refractivity contribution in [3.8, 4) is 0 Å². The van der Waals surface area contributed by atoms with Crippen LogP contribution in [0.15, 0.2) is 30.3 Å². The van der Waals surface area contributed by atoms with Crippen LogP contribution >= 0.6 is 0 Å². The fourth-order valence-corrected chi connectivity index (χ4v) is 4.77. The van der Waals surface area contributed by atoms with Gasteiger partial charge in [0, 0.05) is 5.56 Å². The molecule has 3 fully saturated rings. The molecule has 0 unspecified atom stereocenters. The van der Waals surface area contributed by atoms with Crippen LogP contribution in [0.1, 0.15) is 29.6 Å². The summed E-state index contributed by atoms with van der Waals surface area (Å²) in [6.07, 6.45) is 2.83. The number of imide groups is 1. The molecule has 29 heavy (non-hydrogen) atoms. The first kappa shape index (κ1) is 19.1. The first-order chi connectivity index (χ1) is 14.0. The van der Waals surface area contributed by atoms with E-state index in [1.807, 2.05) is 0 Å². The average molecular weight is 399 g/mol. The summed E-state index contributed by atoms with van der Waals surface area (Å²) in [7, 11) is 0. The van der Waals surface area contributed by atoms with Gasteiger partial charge in [-0.25, -0.2) is 0 Å². The lowest BCUT2D eigenvalue weighted by atomic mass is 9.81. The quantitative estimate of drug-likeness (QED) is 0.409. The number of esters is 1. The average Bonchev–Trinajstić information content (AvgIpc) is 3.41. The second-order valence-corrected chi connectivity index (χ2v) is 7.68. The van der Waals surface area contributed by atoms with Gasteiger partial charge in [0.1, 0.15) is 6.54 Å². The number of nitrogens with one attached hydrogen (secondary N) is 2. The number of nitrogens with zero attached hydrogens (tertiary/aromatic N) is 1. The fourth-order valence-electron chi connectivity index (χ4n) is 4.77. The Morgan fingerprint density at radius 3 is 2.21 bits per heavy atom. The molecule has 4 rings (SSSR count). The number of carbonyl (C=O) groups excluding carboxylic acids is 5. The molecule has 2 bridgehead atoms. The highest BCUT2D eigenvalue weighted by molar-refractivity contribution is 6.07. The van der Waals surface area contributed by atoms with E-state index in [0.717, 1.165) is 24.2 Å². The van der Waals surface area contributed by atoms with Gasteiger partial charge >= 0.3 is 5.97 Å². The number of ether oxygens (including phenoxy) is 1. The van der Waals surface area contributed by atoms with Gasteiger partial charge in [0.25, 0.3) is 11.8 Å². The minimum Gasteiger partial charge on any atom is -0.454 e. The van der Waals surface area contributed by atoms with Crippen molar-refractivity contribution in [2.75, 3.05) is 13.2 Å². The van der Waals surface area contributed by atoms with Crippen LogP contribution in [0.25, 0.3) is 0 Å². The molecular weight excluding hydrogens is 378 g/mol. The summed E-state index contributed by atoms with van der Waals surface area (Å²) < 4.78 is 4.84. The molecule has 152 valence electrons. The maximum Gasteiger partial charge on any atom is 0.326 e. The number of rotatable bonds is 5. The van der Waals surface area contributed by atoms with Crippen molar-refractivity contribution in [3.05, 3.63) is 35.9 Å².